The van der Waals surface area contributed by atoms with Crippen molar-refractivity contribution in [1.82, 2.24) is 15.5 Å². The minimum Gasteiger partial charge on any atom is -0.386 e. The van der Waals surface area contributed by atoms with E-state index >= 15 is 0 Å². The van der Waals surface area contributed by atoms with Crippen molar-refractivity contribution in [3.8, 4) is 0 Å². The topological polar surface area (TPSA) is 78.5 Å². The van der Waals surface area contributed by atoms with Crippen molar-refractivity contribution in [2.24, 2.45) is 0 Å². The van der Waals surface area contributed by atoms with Gasteiger partial charge in [-0.05, 0) is 19.8 Å². The standard InChI is InChI=1S/C11H20N3O3P/c1-9(4-3-5-12-10(2)18)13-11(17)14(8-16)6-7-15/h7-9,12H,2-6,18H2,1H3,(H,13,17)/t9-/m1/s1. The van der Waals surface area contributed by atoms with Crippen LogP contribution in [0.25, 0.3) is 0 Å². The van der Waals surface area contributed by atoms with Crippen molar-refractivity contribution in [3.63, 3.8) is 0 Å². The molecule has 1 unspecified atom stereocenters. The number of imide groups is 1. The van der Waals surface area contributed by atoms with Gasteiger partial charge in [0, 0.05) is 18.0 Å². The second-order valence-corrected chi connectivity index (χ2v) is 4.57. The lowest BCUT2D eigenvalue weighted by atomic mass is 10.2. The number of hydrogen-bond acceptors (Lipinski definition) is 4. The molecule has 18 heavy (non-hydrogen) atoms. The summed E-state index contributed by atoms with van der Waals surface area (Å²) >= 11 is 0. The number of carbonyl (C=O) groups is 3. The molecule has 0 saturated heterocycles. The van der Waals surface area contributed by atoms with Crippen molar-refractivity contribution in [2.45, 2.75) is 25.8 Å². The number of aldehydes is 1. The predicted octanol–water partition coefficient (Wildman–Crippen LogP) is 0.458. The molecule has 2 atom stereocenters. The normalized spacial score (nSPS) is 11.2. The van der Waals surface area contributed by atoms with Crippen LogP contribution in [0.4, 0.5) is 4.79 Å². The van der Waals surface area contributed by atoms with Crippen molar-refractivity contribution >= 4 is 28.0 Å². The SMILES string of the molecule is C=C(P)NCCC[C@@H](C)NC(=O)N(C=O)CC=O. The number of urea groups is 1. The molecule has 102 valence electrons. The molecule has 0 aromatic carbocycles. The van der Waals surface area contributed by atoms with Gasteiger partial charge in [-0.1, -0.05) is 15.8 Å². The summed E-state index contributed by atoms with van der Waals surface area (Å²) in [5.74, 6) is 0. The van der Waals surface area contributed by atoms with Gasteiger partial charge in [-0.25, -0.2) is 4.79 Å². The van der Waals surface area contributed by atoms with E-state index in [4.69, 9.17) is 0 Å². The van der Waals surface area contributed by atoms with Gasteiger partial charge in [-0.2, -0.15) is 0 Å². The minimum absolute atomic E-state index is 0.0637. The Morgan fingerprint density at radius 1 is 1.50 bits per heavy atom. The molecule has 3 amide bonds. The van der Waals surface area contributed by atoms with Crippen LogP contribution in [0, 0.1) is 0 Å². The van der Waals surface area contributed by atoms with E-state index in [0.717, 1.165) is 29.7 Å². The quantitative estimate of drug-likeness (QED) is 0.363. The van der Waals surface area contributed by atoms with Crippen LogP contribution >= 0.6 is 9.24 Å². The van der Waals surface area contributed by atoms with E-state index < -0.39 is 6.03 Å². The lowest BCUT2D eigenvalue weighted by Crippen LogP contribution is -2.44. The van der Waals surface area contributed by atoms with E-state index in [1.807, 2.05) is 6.92 Å². The maximum absolute atomic E-state index is 11.5. The zero-order chi connectivity index (χ0) is 14.0. The zero-order valence-electron chi connectivity index (χ0n) is 10.5. The maximum Gasteiger partial charge on any atom is 0.324 e. The molecule has 0 radical (unpaired) electrons. The molecular weight excluding hydrogens is 253 g/mol. The van der Waals surface area contributed by atoms with Crippen LogP contribution in [0.1, 0.15) is 19.8 Å². The first-order chi connectivity index (χ1) is 8.51. The highest BCUT2D eigenvalue weighted by Crippen LogP contribution is 1.99. The molecule has 0 saturated carbocycles. The summed E-state index contributed by atoms with van der Waals surface area (Å²) in [5, 5.41) is 5.70. The summed E-state index contributed by atoms with van der Waals surface area (Å²) in [6, 6.07) is -0.612. The Balaban J connectivity index is 3.88. The Bertz CT molecular complexity index is 310. The number of nitrogens with zero attached hydrogens (tertiary/aromatic N) is 1. The van der Waals surface area contributed by atoms with Crippen LogP contribution in [-0.4, -0.2) is 42.8 Å². The molecule has 0 heterocycles. The van der Waals surface area contributed by atoms with Gasteiger partial charge in [0.1, 0.15) is 6.29 Å². The first-order valence-electron chi connectivity index (χ1n) is 5.65. The lowest BCUT2D eigenvalue weighted by molar-refractivity contribution is -0.119. The van der Waals surface area contributed by atoms with Gasteiger partial charge in [-0.3, -0.25) is 9.69 Å². The van der Waals surface area contributed by atoms with Crippen molar-refractivity contribution < 1.29 is 14.4 Å². The van der Waals surface area contributed by atoms with E-state index in [1.165, 1.54) is 0 Å². The molecule has 6 nitrogen and oxygen atoms in total. The third-order valence-corrected chi connectivity index (χ3v) is 2.40. The Morgan fingerprint density at radius 2 is 2.17 bits per heavy atom. The third kappa shape index (κ3) is 7.79. The first kappa shape index (κ1) is 16.6. The molecule has 0 aliphatic rings. The van der Waals surface area contributed by atoms with Crippen LogP contribution in [0.2, 0.25) is 0 Å². The Kier molecular flexibility index (Phi) is 8.84. The first-order valence-corrected chi connectivity index (χ1v) is 6.23. The number of carbonyl (C=O) groups excluding carboxylic acids is 3. The smallest absolute Gasteiger partial charge is 0.324 e. The second kappa shape index (κ2) is 9.59. The average Bonchev–Trinajstić information content (AvgIpc) is 2.31. The summed E-state index contributed by atoms with van der Waals surface area (Å²) in [6.45, 7) is 6.07. The van der Waals surface area contributed by atoms with E-state index in [0.29, 0.717) is 12.7 Å². The highest BCUT2D eigenvalue weighted by Gasteiger charge is 2.13. The summed E-state index contributed by atoms with van der Waals surface area (Å²) in [7, 11) is 2.46. The van der Waals surface area contributed by atoms with Crippen molar-refractivity contribution in [3.05, 3.63) is 12.0 Å². The fourth-order valence-corrected chi connectivity index (χ4v) is 1.42. The van der Waals surface area contributed by atoms with E-state index in [9.17, 15) is 14.4 Å². The van der Waals surface area contributed by atoms with Crippen LogP contribution in [0.15, 0.2) is 12.0 Å². The number of nitrogens with one attached hydrogen (secondary N) is 2. The Hall–Kier alpha value is -1.42. The van der Waals surface area contributed by atoms with Gasteiger partial charge in [0.25, 0.3) is 0 Å². The van der Waals surface area contributed by atoms with Crippen molar-refractivity contribution in [2.75, 3.05) is 13.1 Å². The molecule has 0 aliphatic heterocycles. The molecule has 0 aromatic rings. The molecule has 0 spiro atoms. The van der Waals surface area contributed by atoms with Gasteiger partial charge in [0.15, 0.2) is 0 Å². The molecule has 0 fully saturated rings. The largest absolute Gasteiger partial charge is 0.386 e. The van der Waals surface area contributed by atoms with E-state index in [-0.39, 0.29) is 12.6 Å². The molecule has 0 aliphatic carbocycles. The highest BCUT2D eigenvalue weighted by molar-refractivity contribution is 7.22. The molecular formula is C11H20N3O3P. The van der Waals surface area contributed by atoms with Gasteiger partial charge in [0.05, 0.1) is 6.54 Å². The monoisotopic (exact) mass is 273 g/mol. The summed E-state index contributed by atoms with van der Waals surface area (Å²) in [5.41, 5.74) is 0.824. The summed E-state index contributed by atoms with van der Waals surface area (Å²) < 4.78 is 0. The molecule has 7 heteroatoms. The van der Waals surface area contributed by atoms with Crippen LogP contribution < -0.4 is 10.6 Å². The van der Waals surface area contributed by atoms with E-state index in [1.54, 1.807) is 0 Å². The fraction of sp³-hybridized carbons (Fsp3) is 0.545. The Labute approximate surface area is 109 Å². The second-order valence-electron chi connectivity index (χ2n) is 3.87. The van der Waals surface area contributed by atoms with Crippen LogP contribution in [0.3, 0.4) is 0 Å². The van der Waals surface area contributed by atoms with Gasteiger partial charge >= 0.3 is 6.03 Å². The average molecular weight is 273 g/mol. The molecule has 0 rings (SSSR count). The third-order valence-electron chi connectivity index (χ3n) is 2.20. The van der Waals surface area contributed by atoms with Crippen molar-refractivity contribution in [1.29, 1.82) is 0 Å². The van der Waals surface area contributed by atoms with Gasteiger partial charge < -0.3 is 15.4 Å². The molecule has 2 N–H and O–H groups in total. The maximum atomic E-state index is 11.5. The van der Waals surface area contributed by atoms with Crippen LogP contribution in [-0.2, 0) is 9.59 Å². The predicted molar refractivity (Wildman–Crippen MR) is 72.9 cm³/mol. The minimum atomic E-state index is -0.548. The molecule has 0 aromatic heterocycles. The lowest BCUT2D eigenvalue weighted by Gasteiger charge is -2.18. The number of hydrogen-bond donors (Lipinski definition) is 2. The van der Waals surface area contributed by atoms with Gasteiger partial charge in [-0.15, -0.1) is 0 Å². The summed E-state index contributed by atoms with van der Waals surface area (Å²) in [4.78, 5) is 33.1. The fourth-order valence-electron chi connectivity index (χ4n) is 1.28. The molecule has 0 bridgehead atoms. The number of rotatable bonds is 9. The summed E-state index contributed by atoms with van der Waals surface area (Å²) in [6.07, 6.45) is 2.48. The Morgan fingerprint density at radius 3 is 2.67 bits per heavy atom. The highest BCUT2D eigenvalue weighted by atomic mass is 31.0. The van der Waals surface area contributed by atoms with Gasteiger partial charge in [0.2, 0.25) is 6.41 Å². The van der Waals surface area contributed by atoms with Crippen LogP contribution in [0.5, 0.6) is 0 Å². The number of amides is 3. The zero-order valence-corrected chi connectivity index (χ0v) is 11.7. The van der Waals surface area contributed by atoms with E-state index in [2.05, 4.69) is 26.5 Å².